The molecule has 32 heavy (non-hydrogen) atoms. The maximum atomic E-state index is 13.1. The van der Waals surface area contributed by atoms with Gasteiger partial charge in [0.15, 0.2) is 0 Å². The van der Waals surface area contributed by atoms with Crippen LogP contribution in [0.1, 0.15) is 30.4 Å². The van der Waals surface area contributed by atoms with Gasteiger partial charge in [0, 0.05) is 50.4 Å². The molecule has 0 aromatic heterocycles. The van der Waals surface area contributed by atoms with E-state index >= 15 is 0 Å². The number of hydrogen-bond donors (Lipinski definition) is 2. The molecule has 0 radical (unpaired) electrons. The van der Waals surface area contributed by atoms with Gasteiger partial charge in [-0.3, -0.25) is 14.5 Å². The van der Waals surface area contributed by atoms with E-state index in [1.54, 1.807) is 12.1 Å². The predicted octanol–water partition coefficient (Wildman–Crippen LogP) is 2.23. The number of nitrogens with one attached hydrogen (secondary N) is 2. The summed E-state index contributed by atoms with van der Waals surface area (Å²) in [5.74, 6) is -0.000985. The quantitative estimate of drug-likeness (QED) is 0.729. The summed E-state index contributed by atoms with van der Waals surface area (Å²) in [5, 5.41) is 6.55. The Hall–Kier alpha value is -2.77. The van der Waals surface area contributed by atoms with Crippen molar-refractivity contribution in [3.05, 3.63) is 65.5 Å². The highest BCUT2D eigenvalue weighted by Crippen LogP contribution is 2.30. The van der Waals surface area contributed by atoms with Crippen LogP contribution < -0.4 is 15.5 Å². The van der Waals surface area contributed by atoms with Gasteiger partial charge in [-0.15, -0.1) is 0 Å². The average molecular weight is 437 g/mol. The lowest BCUT2D eigenvalue weighted by atomic mass is 10.0. The van der Waals surface area contributed by atoms with E-state index in [1.165, 1.54) is 17.7 Å². The predicted molar refractivity (Wildman–Crippen MR) is 121 cm³/mol. The molecule has 3 aliphatic heterocycles. The second-order valence-electron chi connectivity index (χ2n) is 9.01. The molecular weight excluding hydrogens is 407 g/mol. The number of benzene rings is 2. The zero-order valence-electron chi connectivity index (χ0n) is 18.1. The van der Waals surface area contributed by atoms with Crippen molar-refractivity contribution in [3.8, 4) is 0 Å². The zero-order valence-corrected chi connectivity index (χ0v) is 18.1. The topological polar surface area (TPSA) is 64.7 Å². The standard InChI is InChI=1S/C25H29FN4O2/c26-19-7-5-17(6-8-19)14-27-20-13-23-25(32)28-15-21(30(23)16-20)9-10-24(31)29-12-11-18-3-1-2-4-22(18)29/h1-8,20-21,23,27H,9-16H2,(H,28,32). The van der Waals surface area contributed by atoms with E-state index < -0.39 is 0 Å². The highest BCUT2D eigenvalue weighted by Gasteiger charge is 2.43. The summed E-state index contributed by atoms with van der Waals surface area (Å²) in [6.45, 7) is 2.76. The van der Waals surface area contributed by atoms with Crippen LogP contribution in [0.4, 0.5) is 10.1 Å². The number of fused-ring (bicyclic) bond motifs is 2. The molecule has 2 amide bonds. The van der Waals surface area contributed by atoms with Crippen molar-refractivity contribution in [3.63, 3.8) is 0 Å². The molecule has 5 rings (SSSR count). The highest BCUT2D eigenvalue weighted by molar-refractivity contribution is 5.95. The first-order valence-electron chi connectivity index (χ1n) is 11.5. The Labute approximate surface area is 187 Å². The summed E-state index contributed by atoms with van der Waals surface area (Å²) >= 11 is 0. The molecule has 168 valence electrons. The number of carbonyl (C=O) groups is 2. The molecule has 6 nitrogen and oxygen atoms in total. The molecule has 2 N–H and O–H groups in total. The van der Waals surface area contributed by atoms with Crippen molar-refractivity contribution in [1.29, 1.82) is 0 Å². The number of para-hydroxylation sites is 1. The lowest BCUT2D eigenvalue weighted by molar-refractivity contribution is -0.129. The number of rotatable bonds is 6. The second kappa shape index (κ2) is 9.00. The minimum atomic E-state index is -0.238. The monoisotopic (exact) mass is 436 g/mol. The van der Waals surface area contributed by atoms with E-state index in [1.807, 2.05) is 23.1 Å². The van der Waals surface area contributed by atoms with E-state index in [9.17, 15) is 14.0 Å². The van der Waals surface area contributed by atoms with Gasteiger partial charge in [0.1, 0.15) is 5.82 Å². The minimum absolute atomic E-state index is 0.0760. The molecule has 3 heterocycles. The summed E-state index contributed by atoms with van der Waals surface area (Å²) in [6, 6.07) is 14.8. The summed E-state index contributed by atoms with van der Waals surface area (Å²) < 4.78 is 13.1. The van der Waals surface area contributed by atoms with E-state index in [0.717, 1.165) is 43.6 Å². The maximum Gasteiger partial charge on any atom is 0.237 e. The molecule has 2 aromatic carbocycles. The molecule has 2 fully saturated rings. The van der Waals surface area contributed by atoms with Gasteiger partial charge in [-0.2, -0.15) is 0 Å². The van der Waals surface area contributed by atoms with Gasteiger partial charge in [0.25, 0.3) is 0 Å². The van der Waals surface area contributed by atoms with Gasteiger partial charge in [-0.1, -0.05) is 30.3 Å². The number of halogens is 1. The van der Waals surface area contributed by atoms with Gasteiger partial charge in [0.2, 0.25) is 11.8 Å². The third-order valence-electron chi connectivity index (χ3n) is 7.01. The van der Waals surface area contributed by atoms with Gasteiger partial charge in [-0.25, -0.2) is 4.39 Å². The molecular formula is C25H29FN4O2. The Morgan fingerprint density at radius 2 is 1.97 bits per heavy atom. The highest BCUT2D eigenvalue weighted by atomic mass is 19.1. The third kappa shape index (κ3) is 4.27. The van der Waals surface area contributed by atoms with Gasteiger partial charge in [0.05, 0.1) is 6.04 Å². The maximum absolute atomic E-state index is 13.1. The Kier molecular flexibility index (Phi) is 5.93. The van der Waals surface area contributed by atoms with Crippen molar-refractivity contribution in [2.24, 2.45) is 0 Å². The molecule has 0 aliphatic carbocycles. The van der Waals surface area contributed by atoms with Crippen LogP contribution in [0, 0.1) is 5.82 Å². The van der Waals surface area contributed by atoms with Gasteiger partial charge < -0.3 is 15.5 Å². The first-order chi connectivity index (χ1) is 15.6. The number of nitrogens with zero attached hydrogens (tertiary/aromatic N) is 2. The van der Waals surface area contributed by atoms with Crippen molar-refractivity contribution in [2.75, 3.05) is 24.5 Å². The number of amides is 2. The summed E-state index contributed by atoms with van der Waals surface area (Å²) in [5.41, 5.74) is 3.30. The van der Waals surface area contributed by atoms with Crippen LogP contribution in [0.25, 0.3) is 0 Å². The smallest absolute Gasteiger partial charge is 0.237 e. The normalized spacial score (nSPS) is 24.8. The van der Waals surface area contributed by atoms with E-state index in [4.69, 9.17) is 0 Å². The number of hydrogen-bond acceptors (Lipinski definition) is 4. The number of anilines is 1. The van der Waals surface area contributed by atoms with E-state index in [-0.39, 0.29) is 35.8 Å². The molecule has 3 atom stereocenters. The molecule has 0 spiro atoms. The minimum Gasteiger partial charge on any atom is -0.353 e. The Morgan fingerprint density at radius 1 is 1.16 bits per heavy atom. The number of piperazine rings is 1. The molecule has 3 aliphatic rings. The third-order valence-corrected chi connectivity index (χ3v) is 7.01. The van der Waals surface area contributed by atoms with Crippen LogP contribution in [-0.2, 0) is 22.6 Å². The lowest BCUT2D eigenvalue weighted by Crippen LogP contribution is -2.58. The van der Waals surface area contributed by atoms with Gasteiger partial charge >= 0.3 is 0 Å². The fourth-order valence-corrected chi connectivity index (χ4v) is 5.28. The molecule has 7 heteroatoms. The summed E-state index contributed by atoms with van der Waals surface area (Å²) in [6.07, 6.45) is 2.87. The van der Waals surface area contributed by atoms with Crippen LogP contribution in [-0.4, -0.2) is 54.5 Å². The SMILES string of the molecule is O=C1NCC(CCC(=O)N2CCc3ccccc32)N2CC(NCc3ccc(F)cc3)CC12. The number of carbonyl (C=O) groups excluding carboxylic acids is 2. The average Bonchev–Trinajstić information content (AvgIpc) is 3.43. The van der Waals surface area contributed by atoms with Crippen molar-refractivity contribution in [2.45, 2.75) is 50.4 Å². The Balaban J connectivity index is 1.17. The van der Waals surface area contributed by atoms with E-state index in [2.05, 4.69) is 21.6 Å². The Morgan fingerprint density at radius 3 is 2.81 bits per heavy atom. The van der Waals surface area contributed by atoms with Crippen LogP contribution in [0.3, 0.4) is 0 Å². The molecule has 2 aromatic rings. The fraction of sp³-hybridized carbons (Fsp3) is 0.440. The van der Waals surface area contributed by atoms with Crippen molar-refractivity contribution < 1.29 is 14.0 Å². The van der Waals surface area contributed by atoms with E-state index in [0.29, 0.717) is 19.5 Å². The summed E-state index contributed by atoms with van der Waals surface area (Å²) in [7, 11) is 0. The van der Waals surface area contributed by atoms with Gasteiger partial charge in [-0.05, 0) is 48.6 Å². The molecule has 0 bridgehead atoms. The van der Waals surface area contributed by atoms with Crippen LogP contribution in [0.5, 0.6) is 0 Å². The fourth-order valence-electron chi connectivity index (χ4n) is 5.28. The van der Waals surface area contributed by atoms with Crippen LogP contribution in [0.2, 0.25) is 0 Å². The van der Waals surface area contributed by atoms with Crippen LogP contribution in [0.15, 0.2) is 48.5 Å². The Bertz CT molecular complexity index is 996. The lowest BCUT2D eigenvalue weighted by Gasteiger charge is -2.37. The summed E-state index contributed by atoms with van der Waals surface area (Å²) in [4.78, 5) is 29.6. The molecule has 2 saturated heterocycles. The van der Waals surface area contributed by atoms with Crippen molar-refractivity contribution >= 4 is 17.5 Å². The molecule has 3 unspecified atom stereocenters. The van der Waals surface area contributed by atoms with Crippen molar-refractivity contribution in [1.82, 2.24) is 15.5 Å². The first kappa shape index (κ1) is 21.1. The largest absolute Gasteiger partial charge is 0.353 e. The zero-order chi connectivity index (χ0) is 22.1. The second-order valence-corrected chi connectivity index (χ2v) is 9.01. The first-order valence-corrected chi connectivity index (χ1v) is 11.5. The van der Waals surface area contributed by atoms with Crippen LogP contribution >= 0.6 is 0 Å². The molecule has 0 saturated carbocycles.